The molecule has 0 atom stereocenters. The minimum atomic E-state index is -0.687. The molecule has 1 aliphatic heterocycles. The van der Waals surface area contributed by atoms with Gasteiger partial charge in [-0.25, -0.2) is 0 Å². The van der Waals surface area contributed by atoms with E-state index in [0.717, 1.165) is 32.5 Å². The van der Waals surface area contributed by atoms with Crippen molar-refractivity contribution in [1.29, 1.82) is 0 Å². The van der Waals surface area contributed by atoms with Crippen molar-refractivity contribution in [2.75, 3.05) is 25.0 Å². The molecule has 2 aromatic rings. The van der Waals surface area contributed by atoms with Gasteiger partial charge in [-0.1, -0.05) is 23.7 Å². The van der Waals surface area contributed by atoms with Crippen molar-refractivity contribution < 1.29 is 9.59 Å². The molecule has 1 aromatic heterocycles. The lowest BCUT2D eigenvalue weighted by Crippen LogP contribution is -2.41. The summed E-state index contributed by atoms with van der Waals surface area (Å²) in [5.41, 5.74) is 1.80. The third-order valence-electron chi connectivity index (χ3n) is 4.57. The molecule has 5 nitrogen and oxygen atoms in total. The maximum Gasteiger partial charge on any atom is 0.313 e. The fourth-order valence-corrected chi connectivity index (χ4v) is 3.89. The van der Waals surface area contributed by atoms with Gasteiger partial charge < -0.3 is 10.6 Å². The lowest BCUT2D eigenvalue weighted by Gasteiger charge is -2.31. The highest BCUT2D eigenvalue weighted by molar-refractivity contribution is 7.07. The number of halogens is 1. The highest BCUT2D eigenvalue weighted by Gasteiger charge is 2.21. The van der Waals surface area contributed by atoms with Gasteiger partial charge in [0.15, 0.2) is 0 Å². The summed E-state index contributed by atoms with van der Waals surface area (Å²) in [6, 6.07) is 9.01. The molecule has 3 rings (SSSR count). The molecule has 7 heteroatoms. The number of para-hydroxylation sites is 1. The molecule has 1 fully saturated rings. The number of rotatable bonds is 5. The summed E-state index contributed by atoms with van der Waals surface area (Å²) in [4.78, 5) is 26.4. The zero-order valence-electron chi connectivity index (χ0n) is 14.4. The Morgan fingerprint density at radius 1 is 1.15 bits per heavy atom. The summed E-state index contributed by atoms with van der Waals surface area (Å²) in [7, 11) is 0. The van der Waals surface area contributed by atoms with Gasteiger partial charge in [-0.3, -0.25) is 14.5 Å². The number of piperidine rings is 1. The molecule has 0 aliphatic carbocycles. The van der Waals surface area contributed by atoms with E-state index >= 15 is 0 Å². The number of carbonyl (C=O) groups is 2. The van der Waals surface area contributed by atoms with Crippen LogP contribution in [0.25, 0.3) is 0 Å². The van der Waals surface area contributed by atoms with Crippen molar-refractivity contribution in [2.45, 2.75) is 19.4 Å². The highest BCUT2D eigenvalue weighted by Crippen LogP contribution is 2.21. The van der Waals surface area contributed by atoms with E-state index in [0.29, 0.717) is 23.2 Å². The van der Waals surface area contributed by atoms with Gasteiger partial charge in [0.25, 0.3) is 0 Å². The maximum atomic E-state index is 12.0. The average Bonchev–Trinajstić information content (AvgIpc) is 3.16. The van der Waals surface area contributed by atoms with Gasteiger partial charge in [-0.2, -0.15) is 11.3 Å². The Hall–Kier alpha value is -1.89. The second kappa shape index (κ2) is 9.16. The van der Waals surface area contributed by atoms with Crippen molar-refractivity contribution in [3.63, 3.8) is 0 Å². The van der Waals surface area contributed by atoms with Crippen LogP contribution in [0.15, 0.2) is 41.1 Å². The number of amides is 2. The van der Waals surface area contributed by atoms with Crippen molar-refractivity contribution in [3.8, 4) is 0 Å². The number of nitrogens with one attached hydrogen (secondary N) is 2. The molecular weight excluding hydrogens is 370 g/mol. The quantitative estimate of drug-likeness (QED) is 0.768. The lowest BCUT2D eigenvalue weighted by molar-refractivity contribution is -0.136. The zero-order chi connectivity index (χ0) is 18.4. The van der Waals surface area contributed by atoms with Gasteiger partial charge in [0.2, 0.25) is 0 Å². The van der Waals surface area contributed by atoms with Crippen LogP contribution in [-0.2, 0) is 16.1 Å². The average molecular weight is 392 g/mol. The Balaban J connectivity index is 1.38. The van der Waals surface area contributed by atoms with Crippen LogP contribution in [0.5, 0.6) is 0 Å². The van der Waals surface area contributed by atoms with E-state index in [2.05, 4.69) is 32.4 Å². The van der Waals surface area contributed by atoms with Crippen molar-refractivity contribution >= 4 is 40.4 Å². The first-order valence-electron chi connectivity index (χ1n) is 8.69. The summed E-state index contributed by atoms with van der Waals surface area (Å²) in [5, 5.41) is 9.98. The molecular formula is C19H22ClN3O2S. The van der Waals surface area contributed by atoms with Gasteiger partial charge in [-0.05, 0) is 66.4 Å². The number of hydrogen-bond acceptors (Lipinski definition) is 4. The number of likely N-dealkylation sites (tertiary alicyclic amines) is 1. The Bertz CT molecular complexity index is 743. The summed E-state index contributed by atoms with van der Waals surface area (Å²) in [6.07, 6.45) is 2.05. The molecule has 1 aliphatic rings. The van der Waals surface area contributed by atoms with Gasteiger partial charge in [0, 0.05) is 13.1 Å². The van der Waals surface area contributed by atoms with Crippen LogP contribution in [0.1, 0.15) is 18.4 Å². The maximum absolute atomic E-state index is 12.0. The van der Waals surface area contributed by atoms with Crippen molar-refractivity contribution in [2.24, 2.45) is 5.92 Å². The number of carbonyl (C=O) groups excluding carboxylic acids is 2. The highest BCUT2D eigenvalue weighted by atomic mass is 35.5. The van der Waals surface area contributed by atoms with E-state index in [9.17, 15) is 9.59 Å². The summed E-state index contributed by atoms with van der Waals surface area (Å²) >= 11 is 7.71. The second-order valence-corrected chi connectivity index (χ2v) is 7.68. The van der Waals surface area contributed by atoms with Crippen molar-refractivity contribution in [3.05, 3.63) is 51.7 Å². The number of nitrogens with zero attached hydrogens (tertiary/aromatic N) is 1. The first-order valence-corrected chi connectivity index (χ1v) is 10.0. The third-order valence-corrected chi connectivity index (χ3v) is 5.63. The molecule has 1 aromatic carbocycles. The minimum absolute atomic E-state index is 0.408. The fourth-order valence-electron chi connectivity index (χ4n) is 3.05. The van der Waals surface area contributed by atoms with E-state index in [1.54, 1.807) is 35.6 Å². The number of benzene rings is 1. The van der Waals surface area contributed by atoms with Crippen LogP contribution in [-0.4, -0.2) is 36.3 Å². The fraction of sp³-hybridized carbons (Fsp3) is 0.368. The molecule has 26 heavy (non-hydrogen) atoms. The molecule has 0 bridgehead atoms. The molecule has 2 amide bonds. The van der Waals surface area contributed by atoms with E-state index in [4.69, 9.17) is 11.6 Å². The number of anilines is 1. The predicted molar refractivity (Wildman–Crippen MR) is 105 cm³/mol. The van der Waals surface area contributed by atoms with Gasteiger partial charge >= 0.3 is 11.8 Å². The molecule has 0 unspecified atom stereocenters. The molecule has 0 saturated carbocycles. The predicted octanol–water partition coefficient (Wildman–Crippen LogP) is 3.37. The Morgan fingerprint density at radius 3 is 2.62 bits per heavy atom. The first kappa shape index (κ1) is 18.9. The van der Waals surface area contributed by atoms with Crippen LogP contribution in [0.2, 0.25) is 5.02 Å². The molecule has 2 heterocycles. The summed E-state index contributed by atoms with van der Waals surface area (Å²) in [6.45, 7) is 3.55. The van der Waals surface area contributed by atoms with E-state index in [-0.39, 0.29) is 0 Å². The Kier molecular flexibility index (Phi) is 6.66. The molecule has 2 N–H and O–H groups in total. The van der Waals surface area contributed by atoms with E-state index in [1.807, 2.05) is 0 Å². The molecule has 0 radical (unpaired) electrons. The van der Waals surface area contributed by atoms with Crippen LogP contribution >= 0.6 is 22.9 Å². The SMILES string of the molecule is O=C(NCC1CCN(Cc2ccsc2)CC1)C(=O)Nc1ccccc1Cl. The van der Waals surface area contributed by atoms with Gasteiger partial charge in [0.05, 0.1) is 10.7 Å². The Labute approximate surface area is 162 Å². The van der Waals surface area contributed by atoms with Crippen LogP contribution in [0, 0.1) is 5.92 Å². The number of thiophene rings is 1. The van der Waals surface area contributed by atoms with Crippen LogP contribution < -0.4 is 10.6 Å². The standard InChI is InChI=1S/C19H22ClN3O2S/c20-16-3-1-2-4-17(16)22-19(25)18(24)21-11-14-5-8-23(9-6-14)12-15-7-10-26-13-15/h1-4,7,10,13-14H,5-6,8-9,11-12H2,(H,21,24)(H,22,25). The second-order valence-electron chi connectivity index (χ2n) is 6.50. The van der Waals surface area contributed by atoms with Crippen molar-refractivity contribution in [1.82, 2.24) is 10.2 Å². The number of hydrogen-bond donors (Lipinski definition) is 2. The van der Waals surface area contributed by atoms with Gasteiger partial charge in [0.1, 0.15) is 0 Å². The zero-order valence-corrected chi connectivity index (χ0v) is 16.0. The van der Waals surface area contributed by atoms with E-state index < -0.39 is 11.8 Å². The topological polar surface area (TPSA) is 61.4 Å². The summed E-state index contributed by atoms with van der Waals surface area (Å²) in [5.74, 6) is -0.899. The lowest BCUT2D eigenvalue weighted by atomic mass is 9.96. The Morgan fingerprint density at radius 2 is 1.92 bits per heavy atom. The monoisotopic (exact) mass is 391 g/mol. The molecule has 138 valence electrons. The van der Waals surface area contributed by atoms with Gasteiger partial charge in [-0.15, -0.1) is 0 Å². The molecule has 0 spiro atoms. The van der Waals surface area contributed by atoms with Crippen LogP contribution in [0.3, 0.4) is 0 Å². The normalized spacial score (nSPS) is 15.6. The minimum Gasteiger partial charge on any atom is -0.348 e. The third kappa shape index (κ3) is 5.30. The van der Waals surface area contributed by atoms with Crippen LogP contribution in [0.4, 0.5) is 5.69 Å². The molecule has 1 saturated heterocycles. The smallest absolute Gasteiger partial charge is 0.313 e. The first-order chi connectivity index (χ1) is 12.6. The summed E-state index contributed by atoms with van der Waals surface area (Å²) < 4.78 is 0. The van der Waals surface area contributed by atoms with E-state index in [1.165, 1.54) is 5.56 Å². The largest absolute Gasteiger partial charge is 0.348 e.